The number of nitrogens with zero attached hydrogens (tertiary/aromatic N) is 3. The van der Waals surface area contributed by atoms with E-state index < -0.39 is 0 Å². The molecule has 0 bridgehead atoms. The van der Waals surface area contributed by atoms with Crippen molar-refractivity contribution in [3.63, 3.8) is 0 Å². The molecule has 0 amide bonds. The van der Waals surface area contributed by atoms with Crippen molar-refractivity contribution in [2.45, 2.75) is 13.8 Å². The summed E-state index contributed by atoms with van der Waals surface area (Å²) < 4.78 is 4.04. The van der Waals surface area contributed by atoms with E-state index in [1.54, 1.807) is 0 Å². The Morgan fingerprint density at radius 3 is 2.62 bits per heavy atom. The fraction of sp³-hybridized carbons (Fsp3) is 0.111. The highest BCUT2D eigenvalue weighted by Crippen LogP contribution is 2.30. The highest BCUT2D eigenvalue weighted by Gasteiger charge is 2.15. The second kappa shape index (κ2) is 7.07. The van der Waals surface area contributed by atoms with Crippen molar-refractivity contribution < 1.29 is 0 Å². The van der Waals surface area contributed by atoms with Crippen LogP contribution in [0.25, 0.3) is 11.1 Å². The van der Waals surface area contributed by atoms with E-state index in [0.717, 1.165) is 21.2 Å². The molecule has 24 heavy (non-hydrogen) atoms. The summed E-state index contributed by atoms with van der Waals surface area (Å²) in [5, 5.41) is 0.805. The number of hydrogen-bond donors (Lipinski definition) is 2. The highest BCUT2D eigenvalue weighted by molar-refractivity contribution is 7.84. The summed E-state index contributed by atoms with van der Waals surface area (Å²) in [4.78, 5) is 7.24. The second-order valence-corrected chi connectivity index (χ2v) is 6.85. The van der Waals surface area contributed by atoms with E-state index in [-0.39, 0.29) is 0 Å². The number of anilines is 1. The molecule has 1 aromatic heterocycles. The average molecular weight is 355 g/mol. The van der Waals surface area contributed by atoms with Crippen molar-refractivity contribution in [1.82, 2.24) is 14.3 Å². The second-order valence-electron chi connectivity index (χ2n) is 5.43. The summed E-state index contributed by atoms with van der Waals surface area (Å²) in [6, 6.07) is 10.3. The quantitative estimate of drug-likeness (QED) is 0.794. The van der Waals surface area contributed by atoms with Gasteiger partial charge in [-0.25, -0.2) is 0 Å². The Labute approximate surface area is 151 Å². The van der Waals surface area contributed by atoms with Crippen LogP contribution in [0.4, 0.5) is 5.95 Å². The molecule has 0 saturated carbocycles. The standard InChI is InChI=1S/C18H18N4S2/c1-12(14-6-4-3-5-7-14)11-22-9-8-15(10-16(22)13(2)23)17-20-18(19)21-24-17/h3-11,23H,1-2H3,(H2,19,21)/b12-11+,16-13?. The van der Waals surface area contributed by atoms with Gasteiger partial charge in [0.15, 0.2) is 0 Å². The molecule has 0 spiro atoms. The molecule has 1 aliphatic heterocycles. The monoisotopic (exact) mass is 354 g/mol. The number of thiol groups is 1. The normalized spacial score (nSPS) is 17.0. The molecule has 4 nitrogen and oxygen atoms in total. The van der Waals surface area contributed by atoms with E-state index in [4.69, 9.17) is 5.73 Å². The summed E-state index contributed by atoms with van der Waals surface area (Å²) >= 11 is 5.84. The van der Waals surface area contributed by atoms with Crippen LogP contribution < -0.4 is 5.73 Å². The summed E-state index contributed by atoms with van der Waals surface area (Å²) in [6.07, 6.45) is 8.17. The molecule has 0 aliphatic carbocycles. The summed E-state index contributed by atoms with van der Waals surface area (Å²) in [7, 11) is 0. The third-order valence-electron chi connectivity index (χ3n) is 3.61. The van der Waals surface area contributed by atoms with Gasteiger partial charge in [0.1, 0.15) is 5.01 Å². The lowest BCUT2D eigenvalue weighted by atomic mass is 10.1. The van der Waals surface area contributed by atoms with Crippen LogP contribution >= 0.6 is 24.2 Å². The molecular weight excluding hydrogens is 336 g/mol. The average Bonchev–Trinajstić information content (AvgIpc) is 3.02. The number of allylic oxidation sites excluding steroid dienone is 5. The van der Waals surface area contributed by atoms with E-state index in [2.05, 4.69) is 58.2 Å². The number of nitrogens with two attached hydrogens (primary N) is 1. The Morgan fingerprint density at radius 2 is 2.00 bits per heavy atom. The predicted molar refractivity (Wildman–Crippen MR) is 105 cm³/mol. The minimum Gasteiger partial charge on any atom is -0.367 e. The molecule has 122 valence electrons. The molecule has 2 N–H and O–H groups in total. The van der Waals surface area contributed by atoms with Crippen LogP contribution in [0.5, 0.6) is 0 Å². The molecule has 1 aliphatic rings. The van der Waals surface area contributed by atoms with Crippen LogP contribution in [-0.4, -0.2) is 14.3 Å². The third kappa shape index (κ3) is 3.60. The Bertz CT molecular complexity index is 856. The van der Waals surface area contributed by atoms with Gasteiger partial charge in [-0.05, 0) is 48.7 Å². The first-order chi connectivity index (χ1) is 11.5. The van der Waals surface area contributed by atoms with Gasteiger partial charge in [0.25, 0.3) is 0 Å². The zero-order valence-electron chi connectivity index (χ0n) is 13.5. The zero-order valence-corrected chi connectivity index (χ0v) is 15.2. The fourth-order valence-corrected chi connectivity index (χ4v) is 3.15. The van der Waals surface area contributed by atoms with E-state index in [9.17, 15) is 0 Å². The number of aromatic nitrogens is 2. The van der Waals surface area contributed by atoms with Crippen molar-refractivity contribution >= 4 is 41.3 Å². The summed E-state index contributed by atoms with van der Waals surface area (Å²) in [5.74, 6) is 0.305. The van der Waals surface area contributed by atoms with Crippen LogP contribution in [0.15, 0.2) is 65.5 Å². The molecule has 0 fully saturated rings. The predicted octanol–water partition coefficient (Wildman–Crippen LogP) is 4.56. The van der Waals surface area contributed by atoms with Gasteiger partial charge < -0.3 is 10.6 Å². The molecule has 2 heterocycles. The number of rotatable bonds is 3. The lowest BCUT2D eigenvalue weighted by Crippen LogP contribution is -2.12. The highest BCUT2D eigenvalue weighted by atomic mass is 32.1. The van der Waals surface area contributed by atoms with Gasteiger partial charge in [0.2, 0.25) is 5.95 Å². The van der Waals surface area contributed by atoms with Gasteiger partial charge in [-0.15, -0.1) is 12.6 Å². The van der Waals surface area contributed by atoms with Crippen molar-refractivity contribution in [2.75, 3.05) is 5.73 Å². The van der Waals surface area contributed by atoms with Crippen molar-refractivity contribution in [3.05, 3.63) is 76.1 Å². The number of hydrogen-bond acceptors (Lipinski definition) is 6. The van der Waals surface area contributed by atoms with E-state index >= 15 is 0 Å². The maximum absolute atomic E-state index is 5.63. The van der Waals surface area contributed by atoms with Gasteiger partial charge in [-0.1, -0.05) is 30.3 Å². The first kappa shape index (κ1) is 16.5. The Hall–Kier alpha value is -2.31. The first-order valence-electron chi connectivity index (χ1n) is 7.46. The van der Waals surface area contributed by atoms with Crippen molar-refractivity contribution in [1.29, 1.82) is 0 Å². The van der Waals surface area contributed by atoms with E-state index in [1.165, 1.54) is 22.7 Å². The van der Waals surface area contributed by atoms with Crippen LogP contribution in [0.1, 0.15) is 24.4 Å². The van der Waals surface area contributed by atoms with Crippen LogP contribution in [0.2, 0.25) is 0 Å². The minimum absolute atomic E-state index is 0.305. The number of benzene rings is 1. The first-order valence-corrected chi connectivity index (χ1v) is 8.68. The SMILES string of the molecule is CC(S)=C1C=C(c2nc(N)ns2)C=CN1/C=C(\C)c1ccccc1. The Kier molecular flexibility index (Phi) is 4.87. The summed E-state index contributed by atoms with van der Waals surface area (Å²) in [5.41, 5.74) is 9.97. The molecule has 2 aromatic rings. The van der Waals surface area contributed by atoms with Crippen LogP contribution in [-0.2, 0) is 0 Å². The fourth-order valence-electron chi connectivity index (χ4n) is 2.38. The number of nitrogen functional groups attached to an aromatic ring is 1. The third-order valence-corrected chi connectivity index (χ3v) is 4.61. The molecule has 0 saturated heterocycles. The van der Waals surface area contributed by atoms with Gasteiger partial charge in [-0.3, -0.25) is 0 Å². The Balaban J connectivity index is 1.93. The van der Waals surface area contributed by atoms with Crippen molar-refractivity contribution in [2.24, 2.45) is 0 Å². The van der Waals surface area contributed by atoms with Crippen molar-refractivity contribution in [3.8, 4) is 0 Å². The van der Waals surface area contributed by atoms with Crippen LogP contribution in [0.3, 0.4) is 0 Å². The maximum Gasteiger partial charge on any atom is 0.232 e. The van der Waals surface area contributed by atoms with Gasteiger partial charge in [0.05, 0.1) is 5.70 Å². The molecule has 0 unspecified atom stereocenters. The van der Waals surface area contributed by atoms with Gasteiger partial charge in [-0.2, -0.15) is 9.36 Å². The molecule has 6 heteroatoms. The molecule has 1 aromatic carbocycles. The minimum atomic E-state index is 0.305. The van der Waals surface area contributed by atoms with Gasteiger partial charge >= 0.3 is 0 Å². The molecular formula is C18H18N4S2. The molecule has 0 atom stereocenters. The molecule has 0 radical (unpaired) electrons. The largest absolute Gasteiger partial charge is 0.367 e. The van der Waals surface area contributed by atoms with E-state index in [1.807, 2.05) is 37.4 Å². The van der Waals surface area contributed by atoms with E-state index in [0.29, 0.717) is 5.95 Å². The van der Waals surface area contributed by atoms with Gasteiger partial charge in [0, 0.05) is 22.9 Å². The maximum atomic E-state index is 5.63. The Morgan fingerprint density at radius 1 is 1.25 bits per heavy atom. The topological polar surface area (TPSA) is 55.0 Å². The molecule has 3 rings (SSSR count). The zero-order chi connectivity index (χ0) is 17.1. The smallest absolute Gasteiger partial charge is 0.232 e. The summed E-state index contributed by atoms with van der Waals surface area (Å²) in [6.45, 7) is 4.07. The van der Waals surface area contributed by atoms with Crippen LogP contribution in [0, 0.1) is 0 Å². The lowest BCUT2D eigenvalue weighted by Gasteiger charge is -2.23. The lowest BCUT2D eigenvalue weighted by molar-refractivity contribution is 0.645.